The van der Waals surface area contributed by atoms with Crippen LogP contribution < -0.4 is 5.73 Å². The normalized spacial score (nSPS) is 13.5. The van der Waals surface area contributed by atoms with Gasteiger partial charge in [0.2, 0.25) is 0 Å². The third-order valence-electron chi connectivity index (χ3n) is 9.94. The fourth-order valence-corrected chi connectivity index (χ4v) is 7.32. The molecule has 0 rings (SSSR count). The van der Waals surface area contributed by atoms with E-state index in [9.17, 15) is 19.0 Å². The summed E-state index contributed by atoms with van der Waals surface area (Å²) >= 11 is 0. The summed E-state index contributed by atoms with van der Waals surface area (Å²) in [6.07, 6.45) is 45.6. The molecule has 0 aliphatic rings. The lowest BCUT2D eigenvalue weighted by atomic mass is 10.0. The highest BCUT2D eigenvalue weighted by molar-refractivity contribution is 7.47. The van der Waals surface area contributed by atoms with Crippen LogP contribution in [0.3, 0.4) is 0 Å². The Morgan fingerprint density at radius 2 is 1.00 bits per heavy atom. The zero-order chi connectivity index (χ0) is 40.3. The molecule has 1 unspecified atom stereocenters. The number of phosphoric ester groups is 1. The third kappa shape index (κ3) is 41.9. The van der Waals surface area contributed by atoms with Crippen LogP contribution in [0.1, 0.15) is 219 Å². The van der Waals surface area contributed by atoms with Gasteiger partial charge >= 0.3 is 19.8 Å². The fraction of sp³-hybridized carbons (Fsp3) is 0.867. The number of allylic oxidation sites excluding steroid dienone is 3. The van der Waals surface area contributed by atoms with E-state index in [1.807, 2.05) is 12.2 Å². The molecule has 0 aliphatic carbocycles. The molecule has 9 nitrogen and oxygen atoms in total. The Morgan fingerprint density at radius 3 is 1.44 bits per heavy atom. The molecule has 10 heteroatoms. The summed E-state index contributed by atoms with van der Waals surface area (Å²) < 4.78 is 32.6. The topological polar surface area (TPSA) is 134 Å². The van der Waals surface area contributed by atoms with Gasteiger partial charge in [-0.1, -0.05) is 212 Å². The number of phosphoric acid groups is 1. The molecular weight excluding hydrogens is 713 g/mol. The van der Waals surface area contributed by atoms with E-state index in [2.05, 4.69) is 13.8 Å². The molecule has 0 saturated carbocycles. The van der Waals surface area contributed by atoms with Crippen LogP contribution in [0.15, 0.2) is 24.3 Å². The summed E-state index contributed by atoms with van der Waals surface area (Å²) in [5.41, 5.74) is 5.34. The van der Waals surface area contributed by atoms with E-state index in [1.54, 1.807) is 6.08 Å². The van der Waals surface area contributed by atoms with Crippen molar-refractivity contribution in [2.45, 2.75) is 225 Å². The Bertz CT molecular complexity index is 959. The van der Waals surface area contributed by atoms with Crippen LogP contribution in [0.2, 0.25) is 0 Å². The molecule has 0 bridgehead atoms. The van der Waals surface area contributed by atoms with Crippen LogP contribution in [0.4, 0.5) is 0 Å². The number of rotatable bonds is 43. The highest BCUT2D eigenvalue weighted by Crippen LogP contribution is 2.43. The van der Waals surface area contributed by atoms with Gasteiger partial charge in [-0.15, -0.1) is 0 Å². The summed E-state index contributed by atoms with van der Waals surface area (Å²) in [5, 5.41) is 0. The number of hydrogen-bond donors (Lipinski definition) is 2. The van der Waals surface area contributed by atoms with Crippen molar-refractivity contribution < 1.29 is 37.6 Å². The molecule has 3 N–H and O–H groups in total. The Kier molecular flexibility index (Phi) is 40.9. The predicted octanol–water partition coefficient (Wildman–Crippen LogP) is 13.2. The lowest BCUT2D eigenvalue weighted by Crippen LogP contribution is -2.29. The van der Waals surface area contributed by atoms with Crippen LogP contribution in [-0.4, -0.2) is 49.3 Å². The van der Waals surface area contributed by atoms with E-state index in [4.69, 9.17) is 24.3 Å². The summed E-state index contributed by atoms with van der Waals surface area (Å²) in [6.45, 7) is 3.64. The molecule has 0 heterocycles. The number of carbonyl (C=O) groups is 2. The van der Waals surface area contributed by atoms with Gasteiger partial charge in [0.25, 0.3) is 0 Å². The van der Waals surface area contributed by atoms with Crippen LogP contribution in [0, 0.1) is 0 Å². The van der Waals surface area contributed by atoms with Crippen molar-refractivity contribution in [3.8, 4) is 0 Å². The van der Waals surface area contributed by atoms with Crippen molar-refractivity contribution in [2.24, 2.45) is 5.73 Å². The smallest absolute Gasteiger partial charge is 0.458 e. The Labute approximate surface area is 338 Å². The molecule has 0 amide bonds. The van der Waals surface area contributed by atoms with E-state index in [1.165, 1.54) is 167 Å². The second-order valence-corrected chi connectivity index (χ2v) is 16.8. The molecule has 0 aromatic rings. The second kappa shape index (κ2) is 42.1. The number of ether oxygens (including phenoxy) is 2. The number of hydrogen-bond acceptors (Lipinski definition) is 8. The molecule has 324 valence electrons. The molecule has 0 radical (unpaired) electrons. The largest absolute Gasteiger partial charge is 0.472 e. The molecule has 55 heavy (non-hydrogen) atoms. The van der Waals surface area contributed by atoms with Crippen molar-refractivity contribution >= 4 is 19.8 Å². The van der Waals surface area contributed by atoms with Gasteiger partial charge < -0.3 is 20.1 Å². The summed E-state index contributed by atoms with van der Waals surface area (Å²) in [5.74, 6) is -1.07. The predicted molar refractivity (Wildman–Crippen MR) is 229 cm³/mol. The SMILES string of the molecule is CCCCCCCCCCCCC/C=C/C=C/C(=O)OC[C@H](COP(=O)(O)OCCN)OC(=O)CCCCCCCCCCCCCCCCCCCCC. The van der Waals surface area contributed by atoms with Crippen LogP contribution in [0.5, 0.6) is 0 Å². The number of nitrogens with two attached hydrogens (primary N) is 1. The number of carbonyl (C=O) groups excluding carboxylic acids is 2. The summed E-state index contributed by atoms with van der Waals surface area (Å²) in [4.78, 5) is 34.8. The first-order valence-electron chi connectivity index (χ1n) is 22.9. The summed E-state index contributed by atoms with van der Waals surface area (Å²) in [6, 6.07) is 0. The summed E-state index contributed by atoms with van der Waals surface area (Å²) in [7, 11) is -4.39. The fourth-order valence-electron chi connectivity index (χ4n) is 6.55. The van der Waals surface area contributed by atoms with Crippen molar-refractivity contribution in [3.63, 3.8) is 0 Å². The standard InChI is InChI=1S/C45H86NO8P/c1-3-5-7-9-11-13-15-17-19-20-21-22-24-26-28-30-32-34-36-38-45(48)54-43(42-53-55(49,50)52-40-39-46)41-51-44(47)37-35-33-31-29-27-25-23-18-16-14-12-10-8-6-4-2/h31,33,35,37,43H,3-30,32,34,36,38-42,46H2,1-2H3,(H,49,50)/b33-31+,37-35+/t43-/m1/s1. The van der Waals surface area contributed by atoms with Crippen LogP contribution in [0.25, 0.3) is 0 Å². The first-order chi connectivity index (χ1) is 26.8. The van der Waals surface area contributed by atoms with Crippen molar-refractivity contribution in [2.75, 3.05) is 26.4 Å². The van der Waals surface area contributed by atoms with Gasteiger partial charge in [-0.05, 0) is 19.3 Å². The van der Waals surface area contributed by atoms with E-state index in [0.29, 0.717) is 6.42 Å². The molecule has 0 aliphatic heterocycles. The average Bonchev–Trinajstić information content (AvgIpc) is 3.17. The van der Waals surface area contributed by atoms with E-state index >= 15 is 0 Å². The Hall–Kier alpha value is -1.51. The quantitative estimate of drug-likeness (QED) is 0.0203. The van der Waals surface area contributed by atoms with Gasteiger partial charge in [-0.3, -0.25) is 13.8 Å². The first-order valence-corrected chi connectivity index (χ1v) is 24.4. The van der Waals surface area contributed by atoms with E-state index < -0.39 is 32.5 Å². The minimum atomic E-state index is -4.39. The second-order valence-electron chi connectivity index (χ2n) is 15.4. The van der Waals surface area contributed by atoms with Crippen LogP contribution >= 0.6 is 7.82 Å². The van der Waals surface area contributed by atoms with Gasteiger partial charge in [0.1, 0.15) is 6.61 Å². The van der Waals surface area contributed by atoms with Crippen molar-refractivity contribution in [1.29, 1.82) is 0 Å². The van der Waals surface area contributed by atoms with Gasteiger partial charge in [-0.2, -0.15) is 0 Å². The Morgan fingerprint density at radius 1 is 0.582 bits per heavy atom. The molecule has 0 spiro atoms. The monoisotopic (exact) mass is 800 g/mol. The van der Waals surface area contributed by atoms with Crippen molar-refractivity contribution in [1.82, 2.24) is 0 Å². The maximum atomic E-state index is 12.6. The van der Waals surface area contributed by atoms with Gasteiger partial charge in [-0.25, -0.2) is 9.36 Å². The average molecular weight is 800 g/mol. The first kappa shape index (κ1) is 53.5. The minimum absolute atomic E-state index is 0.0451. The highest BCUT2D eigenvalue weighted by atomic mass is 31.2. The van der Waals surface area contributed by atoms with E-state index in [-0.39, 0.29) is 26.2 Å². The van der Waals surface area contributed by atoms with E-state index in [0.717, 1.165) is 32.1 Å². The van der Waals surface area contributed by atoms with Crippen molar-refractivity contribution in [3.05, 3.63) is 24.3 Å². The molecule has 0 saturated heterocycles. The maximum absolute atomic E-state index is 12.6. The van der Waals surface area contributed by atoms with Crippen LogP contribution in [-0.2, 0) is 32.7 Å². The minimum Gasteiger partial charge on any atom is -0.458 e. The lowest BCUT2D eigenvalue weighted by Gasteiger charge is -2.19. The zero-order valence-electron chi connectivity index (χ0n) is 35.7. The zero-order valence-corrected chi connectivity index (χ0v) is 36.6. The number of unbranched alkanes of at least 4 members (excludes halogenated alkanes) is 29. The molecule has 0 aromatic heterocycles. The molecule has 0 aromatic carbocycles. The molecule has 0 fully saturated rings. The molecular formula is C45H86NO8P. The maximum Gasteiger partial charge on any atom is 0.472 e. The molecule has 2 atom stereocenters. The van der Waals surface area contributed by atoms with Gasteiger partial charge in [0.15, 0.2) is 6.10 Å². The van der Waals surface area contributed by atoms with Gasteiger partial charge in [0, 0.05) is 19.0 Å². The Balaban J connectivity index is 4.16. The van der Waals surface area contributed by atoms with Gasteiger partial charge in [0.05, 0.1) is 13.2 Å². The highest BCUT2D eigenvalue weighted by Gasteiger charge is 2.25. The third-order valence-corrected chi connectivity index (χ3v) is 10.9. The number of esters is 2. The lowest BCUT2D eigenvalue weighted by molar-refractivity contribution is -0.159.